The van der Waals surface area contributed by atoms with Crippen LogP contribution in [0.2, 0.25) is 0 Å². The van der Waals surface area contributed by atoms with Crippen molar-refractivity contribution in [3.8, 4) is 6.07 Å². The summed E-state index contributed by atoms with van der Waals surface area (Å²) < 4.78 is 5.18. The van der Waals surface area contributed by atoms with Crippen molar-refractivity contribution in [1.82, 2.24) is 4.98 Å². The number of nitrogens with zero attached hydrogens (tertiary/aromatic N) is 3. The normalized spacial score (nSPS) is 15.5. The van der Waals surface area contributed by atoms with Crippen LogP contribution in [0.3, 0.4) is 0 Å². The summed E-state index contributed by atoms with van der Waals surface area (Å²) in [7, 11) is 3.66. The molecule has 4 nitrogen and oxygen atoms in total. The first-order valence-corrected chi connectivity index (χ1v) is 6.82. The molecule has 1 unspecified atom stereocenters. The highest BCUT2D eigenvalue weighted by Crippen LogP contribution is 2.26. The van der Waals surface area contributed by atoms with E-state index in [4.69, 9.17) is 9.72 Å². The molecule has 1 aliphatic rings. The number of pyridine rings is 1. The van der Waals surface area contributed by atoms with Crippen molar-refractivity contribution in [1.29, 1.82) is 5.26 Å². The lowest BCUT2D eigenvalue weighted by Crippen LogP contribution is -2.34. The van der Waals surface area contributed by atoms with Crippen LogP contribution >= 0.6 is 0 Å². The van der Waals surface area contributed by atoms with Gasteiger partial charge in [0.2, 0.25) is 0 Å². The van der Waals surface area contributed by atoms with Crippen LogP contribution in [0.25, 0.3) is 0 Å². The summed E-state index contributed by atoms with van der Waals surface area (Å²) in [6.45, 7) is 2.70. The largest absolute Gasteiger partial charge is 0.383 e. The van der Waals surface area contributed by atoms with Gasteiger partial charge in [0.15, 0.2) is 0 Å². The number of aromatic nitrogens is 1. The Morgan fingerprint density at radius 2 is 2.21 bits per heavy atom. The third-order valence-electron chi connectivity index (χ3n) is 3.80. The Balaban J connectivity index is 2.36. The number of likely N-dealkylation sites (N-methyl/N-ethyl adjacent to an activating group) is 1. The minimum absolute atomic E-state index is 0.200. The van der Waals surface area contributed by atoms with Crippen LogP contribution in [-0.2, 0) is 17.6 Å². The van der Waals surface area contributed by atoms with E-state index in [1.54, 1.807) is 7.11 Å². The fraction of sp³-hybridized carbons (Fsp3) is 0.600. The molecule has 0 N–H and O–H groups in total. The van der Waals surface area contributed by atoms with Crippen molar-refractivity contribution in [3.63, 3.8) is 0 Å². The molecule has 0 bridgehead atoms. The quantitative estimate of drug-likeness (QED) is 0.832. The van der Waals surface area contributed by atoms with E-state index in [2.05, 4.69) is 13.0 Å². The predicted molar refractivity (Wildman–Crippen MR) is 75.3 cm³/mol. The molecule has 102 valence electrons. The van der Waals surface area contributed by atoms with E-state index in [1.165, 1.54) is 18.4 Å². The van der Waals surface area contributed by atoms with Crippen LogP contribution in [0.5, 0.6) is 0 Å². The van der Waals surface area contributed by atoms with Crippen LogP contribution < -0.4 is 4.90 Å². The van der Waals surface area contributed by atoms with E-state index < -0.39 is 0 Å². The number of methoxy groups -OCH3 is 1. The predicted octanol–water partition coefficient (Wildman–Crippen LogP) is 2.30. The van der Waals surface area contributed by atoms with Gasteiger partial charge in [0.25, 0.3) is 0 Å². The average Bonchev–Trinajstić information content (AvgIpc) is 2.45. The fourth-order valence-corrected chi connectivity index (χ4v) is 2.54. The summed E-state index contributed by atoms with van der Waals surface area (Å²) >= 11 is 0. The number of rotatable bonds is 4. The average molecular weight is 259 g/mol. The maximum absolute atomic E-state index is 9.33. The van der Waals surface area contributed by atoms with Crippen molar-refractivity contribution in [3.05, 3.63) is 22.9 Å². The third kappa shape index (κ3) is 2.87. The van der Waals surface area contributed by atoms with E-state index >= 15 is 0 Å². The van der Waals surface area contributed by atoms with Crippen molar-refractivity contribution >= 4 is 5.82 Å². The van der Waals surface area contributed by atoms with Gasteiger partial charge in [-0.1, -0.05) is 0 Å². The number of ether oxygens (including phenoxy) is 1. The molecule has 0 saturated carbocycles. The Morgan fingerprint density at radius 1 is 1.47 bits per heavy atom. The van der Waals surface area contributed by atoms with Gasteiger partial charge in [0.1, 0.15) is 11.9 Å². The van der Waals surface area contributed by atoms with Crippen LogP contribution in [0.15, 0.2) is 6.07 Å². The van der Waals surface area contributed by atoms with Crippen molar-refractivity contribution in [2.45, 2.75) is 38.6 Å². The number of aryl methyl sites for hydroxylation is 2. The molecule has 0 fully saturated rings. The first kappa shape index (κ1) is 13.8. The van der Waals surface area contributed by atoms with E-state index in [9.17, 15) is 5.26 Å². The zero-order valence-corrected chi connectivity index (χ0v) is 11.9. The highest BCUT2D eigenvalue weighted by Gasteiger charge is 2.19. The highest BCUT2D eigenvalue weighted by atomic mass is 16.5. The number of hydrogen-bond acceptors (Lipinski definition) is 4. The first-order valence-electron chi connectivity index (χ1n) is 6.82. The van der Waals surface area contributed by atoms with Gasteiger partial charge >= 0.3 is 0 Å². The molecule has 0 radical (unpaired) electrons. The van der Waals surface area contributed by atoms with Gasteiger partial charge in [-0.15, -0.1) is 0 Å². The Morgan fingerprint density at radius 3 is 2.89 bits per heavy atom. The maximum Gasteiger partial charge on any atom is 0.146 e. The Bertz CT molecular complexity index is 493. The third-order valence-corrected chi connectivity index (χ3v) is 3.80. The molecule has 0 saturated heterocycles. The molecule has 1 aromatic heterocycles. The summed E-state index contributed by atoms with van der Waals surface area (Å²) in [6.07, 6.45) is 4.48. The Hall–Kier alpha value is -1.60. The molecule has 4 heteroatoms. The standard InChI is InChI=1S/C15H21N3O/c1-11(10-19-3)18(2)15-13(9-16)8-12-6-4-5-7-14(12)17-15/h8,11H,4-7,10H2,1-3H3. The van der Waals surface area contributed by atoms with E-state index in [0.717, 1.165) is 24.4 Å². The van der Waals surface area contributed by atoms with Gasteiger partial charge in [0.05, 0.1) is 18.2 Å². The smallest absolute Gasteiger partial charge is 0.146 e. The molecule has 0 aliphatic heterocycles. The van der Waals surface area contributed by atoms with Gasteiger partial charge in [-0.25, -0.2) is 4.98 Å². The fourth-order valence-electron chi connectivity index (χ4n) is 2.54. The summed E-state index contributed by atoms with van der Waals surface area (Å²) in [5.74, 6) is 0.785. The lowest BCUT2D eigenvalue weighted by atomic mass is 9.95. The van der Waals surface area contributed by atoms with E-state index in [0.29, 0.717) is 12.2 Å². The zero-order valence-electron chi connectivity index (χ0n) is 11.9. The molecule has 2 rings (SSSR count). The van der Waals surface area contributed by atoms with Crippen molar-refractivity contribution in [2.75, 3.05) is 25.7 Å². The summed E-state index contributed by atoms with van der Waals surface area (Å²) in [4.78, 5) is 6.77. The van der Waals surface area contributed by atoms with Crippen molar-refractivity contribution < 1.29 is 4.74 Å². The summed E-state index contributed by atoms with van der Waals surface area (Å²) in [5, 5.41) is 9.33. The Kier molecular flexibility index (Phi) is 4.39. The first-order chi connectivity index (χ1) is 9.17. The van der Waals surface area contributed by atoms with Gasteiger partial charge in [0, 0.05) is 19.9 Å². The van der Waals surface area contributed by atoms with Crippen LogP contribution in [0, 0.1) is 11.3 Å². The zero-order chi connectivity index (χ0) is 13.8. The summed E-state index contributed by atoms with van der Waals surface area (Å²) in [5.41, 5.74) is 3.09. The molecule has 0 spiro atoms. The molecule has 1 aliphatic carbocycles. The number of fused-ring (bicyclic) bond motifs is 1. The Labute approximate surface area is 115 Å². The van der Waals surface area contributed by atoms with Crippen LogP contribution in [0.4, 0.5) is 5.82 Å². The molecule has 1 heterocycles. The number of anilines is 1. The number of hydrogen-bond donors (Lipinski definition) is 0. The minimum Gasteiger partial charge on any atom is -0.383 e. The van der Waals surface area contributed by atoms with Gasteiger partial charge < -0.3 is 9.64 Å². The van der Waals surface area contributed by atoms with E-state index in [-0.39, 0.29) is 6.04 Å². The SMILES string of the molecule is COCC(C)N(C)c1nc2c(cc1C#N)CCCC2. The second-order valence-corrected chi connectivity index (χ2v) is 5.20. The monoisotopic (exact) mass is 259 g/mol. The maximum atomic E-state index is 9.33. The van der Waals surface area contributed by atoms with Gasteiger partial charge in [-0.3, -0.25) is 0 Å². The summed E-state index contributed by atoms with van der Waals surface area (Å²) in [6, 6.07) is 4.50. The molecule has 1 aromatic rings. The lowest BCUT2D eigenvalue weighted by molar-refractivity contribution is 0.183. The van der Waals surface area contributed by atoms with Crippen LogP contribution in [-0.4, -0.2) is 31.8 Å². The molecule has 1 atom stereocenters. The second kappa shape index (κ2) is 6.03. The number of nitriles is 1. The molecular formula is C15H21N3O. The topological polar surface area (TPSA) is 49.1 Å². The van der Waals surface area contributed by atoms with Crippen LogP contribution in [0.1, 0.15) is 36.6 Å². The molecule has 19 heavy (non-hydrogen) atoms. The lowest BCUT2D eigenvalue weighted by Gasteiger charge is -2.28. The van der Waals surface area contributed by atoms with Gasteiger partial charge in [-0.2, -0.15) is 5.26 Å². The van der Waals surface area contributed by atoms with Gasteiger partial charge in [-0.05, 0) is 44.2 Å². The molecule has 0 amide bonds. The second-order valence-electron chi connectivity index (χ2n) is 5.20. The highest BCUT2D eigenvalue weighted by molar-refractivity contribution is 5.56. The molecule has 0 aromatic carbocycles. The van der Waals surface area contributed by atoms with Crippen molar-refractivity contribution in [2.24, 2.45) is 0 Å². The molecular weight excluding hydrogens is 238 g/mol. The minimum atomic E-state index is 0.200. The van der Waals surface area contributed by atoms with E-state index in [1.807, 2.05) is 18.0 Å².